The first-order valence-corrected chi connectivity index (χ1v) is 10.7. The van der Waals surface area contributed by atoms with Crippen molar-refractivity contribution in [2.75, 3.05) is 19.9 Å². The number of hydrogen-bond donors (Lipinski definition) is 1. The summed E-state index contributed by atoms with van der Waals surface area (Å²) in [5.41, 5.74) is 9.82. The van der Waals surface area contributed by atoms with Crippen molar-refractivity contribution in [1.29, 1.82) is 0 Å². The van der Waals surface area contributed by atoms with E-state index < -0.39 is 0 Å². The van der Waals surface area contributed by atoms with E-state index in [0.29, 0.717) is 13.1 Å². The Bertz CT molecular complexity index is 1080. The summed E-state index contributed by atoms with van der Waals surface area (Å²) in [6.45, 7) is 3.31. The molecule has 1 aromatic heterocycles. The third-order valence-corrected chi connectivity index (χ3v) is 5.97. The summed E-state index contributed by atoms with van der Waals surface area (Å²) in [5, 5.41) is 4.92. The Kier molecular flexibility index (Phi) is 5.34. The van der Waals surface area contributed by atoms with E-state index in [-0.39, 0.29) is 18.6 Å². The van der Waals surface area contributed by atoms with Crippen molar-refractivity contribution in [2.24, 2.45) is 11.7 Å². The smallest absolute Gasteiger partial charge is 0.231 e. The topological polar surface area (TPSA) is 82.6 Å². The number of hydrogen-bond acceptors (Lipinski definition) is 5. The number of carbonyl (C=O) groups excluding carboxylic acids is 1. The molecule has 2 aliphatic rings. The van der Waals surface area contributed by atoms with Crippen molar-refractivity contribution >= 4 is 5.91 Å². The lowest BCUT2D eigenvalue weighted by Gasteiger charge is -2.31. The second-order valence-corrected chi connectivity index (χ2v) is 8.23. The van der Waals surface area contributed by atoms with Crippen LogP contribution in [0.1, 0.15) is 24.0 Å². The van der Waals surface area contributed by atoms with Crippen LogP contribution in [0, 0.1) is 5.92 Å². The number of nitrogens with two attached hydrogens (primary N) is 1. The minimum absolute atomic E-state index is 0.0814. The van der Waals surface area contributed by atoms with E-state index in [1.54, 1.807) is 0 Å². The molecule has 1 atom stereocenters. The monoisotopic (exact) mass is 418 g/mol. The Morgan fingerprint density at radius 2 is 1.94 bits per heavy atom. The fourth-order valence-corrected chi connectivity index (χ4v) is 4.39. The molecule has 2 N–H and O–H groups in total. The Morgan fingerprint density at radius 3 is 2.77 bits per heavy atom. The summed E-state index contributed by atoms with van der Waals surface area (Å²) in [7, 11) is 0. The average molecular weight is 418 g/mol. The molecule has 1 fully saturated rings. The molecule has 0 spiro atoms. The zero-order chi connectivity index (χ0) is 21.2. The third kappa shape index (κ3) is 4.27. The number of fused-ring (bicyclic) bond motifs is 1. The third-order valence-electron chi connectivity index (χ3n) is 5.97. The molecule has 7 nitrogen and oxygen atoms in total. The predicted molar refractivity (Wildman–Crippen MR) is 117 cm³/mol. The fraction of sp³-hybridized carbons (Fsp3) is 0.333. The van der Waals surface area contributed by atoms with Crippen LogP contribution in [0.15, 0.2) is 54.7 Å². The number of nitrogens with zero attached hydrogens (tertiary/aromatic N) is 3. The first-order valence-electron chi connectivity index (χ1n) is 10.7. The number of likely N-dealkylation sites (tertiary alicyclic amines) is 1. The molecule has 0 radical (unpaired) electrons. The first kappa shape index (κ1) is 19.6. The average Bonchev–Trinajstić information content (AvgIpc) is 3.41. The van der Waals surface area contributed by atoms with Crippen molar-refractivity contribution in [2.45, 2.75) is 25.9 Å². The van der Waals surface area contributed by atoms with Gasteiger partial charge in [0.1, 0.15) is 0 Å². The molecule has 1 saturated heterocycles. The lowest BCUT2D eigenvalue weighted by atomic mass is 9.97. The van der Waals surface area contributed by atoms with Crippen LogP contribution < -0.4 is 15.2 Å². The van der Waals surface area contributed by atoms with Gasteiger partial charge in [0.15, 0.2) is 11.5 Å². The van der Waals surface area contributed by atoms with Crippen LogP contribution in [-0.2, 0) is 17.9 Å². The Morgan fingerprint density at radius 1 is 1.10 bits per heavy atom. The molecule has 3 aromatic rings. The van der Waals surface area contributed by atoms with Crippen molar-refractivity contribution in [3.63, 3.8) is 0 Å². The molecule has 0 saturated carbocycles. The van der Waals surface area contributed by atoms with Crippen LogP contribution in [-0.4, -0.2) is 40.5 Å². The summed E-state index contributed by atoms with van der Waals surface area (Å²) in [4.78, 5) is 14.0. The molecule has 0 unspecified atom stereocenters. The van der Waals surface area contributed by atoms with Crippen LogP contribution in [0.2, 0.25) is 0 Å². The van der Waals surface area contributed by atoms with Crippen LogP contribution >= 0.6 is 0 Å². The molecule has 3 heterocycles. The van der Waals surface area contributed by atoms with E-state index >= 15 is 0 Å². The second kappa shape index (κ2) is 8.43. The highest BCUT2D eigenvalue weighted by Crippen LogP contribution is 2.36. The fourth-order valence-electron chi connectivity index (χ4n) is 4.39. The van der Waals surface area contributed by atoms with Gasteiger partial charge in [-0.3, -0.25) is 14.4 Å². The number of carbonyl (C=O) groups is 1. The van der Waals surface area contributed by atoms with Gasteiger partial charge in [0.05, 0.1) is 18.2 Å². The SMILES string of the molecule is NC(=O)[C@@H]1CCCN(Cc2cn(Cc3ccccc3)nc2-c2ccc3c(c2)OCO3)C1. The standard InChI is InChI=1S/C24H26N4O3/c25-24(29)19-7-4-10-27(13-19)14-20-15-28(12-17-5-2-1-3-6-17)26-23(20)18-8-9-21-22(11-18)31-16-30-21/h1-3,5-6,8-9,11,15,19H,4,7,10,12-14,16H2,(H2,25,29)/t19-/m1/s1. The Hall–Kier alpha value is -3.32. The highest BCUT2D eigenvalue weighted by atomic mass is 16.7. The molecule has 7 heteroatoms. The number of aromatic nitrogens is 2. The number of benzene rings is 2. The molecule has 0 bridgehead atoms. The molecule has 2 aliphatic heterocycles. The highest BCUT2D eigenvalue weighted by molar-refractivity contribution is 5.77. The zero-order valence-corrected chi connectivity index (χ0v) is 17.4. The van der Waals surface area contributed by atoms with Gasteiger partial charge < -0.3 is 15.2 Å². The minimum atomic E-state index is -0.208. The minimum Gasteiger partial charge on any atom is -0.454 e. The number of amides is 1. The molecular formula is C24H26N4O3. The molecule has 160 valence electrons. The highest BCUT2D eigenvalue weighted by Gasteiger charge is 2.26. The predicted octanol–water partition coefficient (Wildman–Crippen LogP) is 3.02. The summed E-state index contributed by atoms with van der Waals surface area (Å²) in [5.74, 6) is 1.21. The van der Waals surface area contributed by atoms with Crippen molar-refractivity contribution in [1.82, 2.24) is 14.7 Å². The summed E-state index contributed by atoms with van der Waals surface area (Å²) < 4.78 is 13.0. The maximum absolute atomic E-state index is 11.7. The van der Waals surface area contributed by atoms with Gasteiger partial charge in [0.2, 0.25) is 12.7 Å². The van der Waals surface area contributed by atoms with E-state index in [1.165, 1.54) is 5.56 Å². The molecule has 2 aromatic carbocycles. The van der Waals surface area contributed by atoms with Crippen LogP contribution in [0.4, 0.5) is 0 Å². The van der Waals surface area contributed by atoms with Gasteiger partial charge >= 0.3 is 0 Å². The normalized spacial score (nSPS) is 18.3. The van der Waals surface area contributed by atoms with Gasteiger partial charge in [-0.2, -0.15) is 5.10 Å². The summed E-state index contributed by atoms with van der Waals surface area (Å²) >= 11 is 0. The molecule has 5 rings (SSSR count). The van der Waals surface area contributed by atoms with Gasteiger partial charge in [0.25, 0.3) is 0 Å². The van der Waals surface area contributed by atoms with E-state index in [4.69, 9.17) is 20.3 Å². The van der Waals surface area contributed by atoms with E-state index in [1.807, 2.05) is 41.1 Å². The lowest BCUT2D eigenvalue weighted by Crippen LogP contribution is -2.40. The Labute approximate surface area is 181 Å². The largest absolute Gasteiger partial charge is 0.454 e. The van der Waals surface area contributed by atoms with Gasteiger partial charge in [-0.05, 0) is 43.1 Å². The molecule has 31 heavy (non-hydrogen) atoms. The van der Waals surface area contributed by atoms with Crippen LogP contribution in [0.5, 0.6) is 11.5 Å². The van der Waals surface area contributed by atoms with Gasteiger partial charge in [-0.25, -0.2) is 0 Å². The maximum atomic E-state index is 11.7. The van der Waals surface area contributed by atoms with Gasteiger partial charge in [-0.15, -0.1) is 0 Å². The van der Waals surface area contributed by atoms with Crippen molar-refractivity contribution < 1.29 is 14.3 Å². The zero-order valence-electron chi connectivity index (χ0n) is 17.4. The summed E-state index contributed by atoms with van der Waals surface area (Å²) in [6.07, 6.45) is 3.96. The van der Waals surface area contributed by atoms with Crippen molar-refractivity contribution in [3.8, 4) is 22.8 Å². The summed E-state index contributed by atoms with van der Waals surface area (Å²) in [6, 6.07) is 16.2. The molecule has 1 amide bonds. The molecular weight excluding hydrogens is 392 g/mol. The maximum Gasteiger partial charge on any atom is 0.231 e. The second-order valence-electron chi connectivity index (χ2n) is 8.23. The van der Waals surface area contributed by atoms with Crippen LogP contribution in [0.3, 0.4) is 0 Å². The van der Waals surface area contributed by atoms with E-state index in [2.05, 4.69) is 23.2 Å². The number of ether oxygens (including phenoxy) is 2. The Balaban J connectivity index is 1.45. The van der Waals surface area contributed by atoms with Crippen molar-refractivity contribution in [3.05, 3.63) is 65.9 Å². The van der Waals surface area contributed by atoms with Gasteiger partial charge in [-0.1, -0.05) is 30.3 Å². The number of piperidine rings is 1. The van der Waals surface area contributed by atoms with Gasteiger partial charge in [0, 0.05) is 30.4 Å². The first-order chi connectivity index (χ1) is 15.2. The quantitative estimate of drug-likeness (QED) is 0.665. The molecule has 0 aliphatic carbocycles. The lowest BCUT2D eigenvalue weighted by molar-refractivity contribution is -0.123. The van der Waals surface area contributed by atoms with Crippen LogP contribution in [0.25, 0.3) is 11.3 Å². The van der Waals surface area contributed by atoms with E-state index in [9.17, 15) is 4.79 Å². The number of primary amides is 1. The van der Waals surface area contributed by atoms with E-state index in [0.717, 1.165) is 54.3 Å². The number of rotatable bonds is 6.